The number of aryl methyl sites for hydroxylation is 1. The first-order valence-electron chi connectivity index (χ1n) is 9.17. The summed E-state index contributed by atoms with van der Waals surface area (Å²) in [7, 11) is -3.87. The van der Waals surface area contributed by atoms with Crippen LogP contribution in [0.15, 0.2) is 41.3 Å². The Bertz CT molecular complexity index is 884. The number of nitrogens with zero attached hydrogens (tertiary/aromatic N) is 1. The molecule has 0 aliphatic heterocycles. The molecule has 0 spiro atoms. The molecule has 0 aliphatic rings. The summed E-state index contributed by atoms with van der Waals surface area (Å²) >= 11 is 0. The number of rotatable bonds is 12. The van der Waals surface area contributed by atoms with Gasteiger partial charge in [-0.15, -0.1) is 12.4 Å². The van der Waals surface area contributed by atoms with Gasteiger partial charge in [-0.25, -0.2) is 22.2 Å². The zero-order valence-electron chi connectivity index (χ0n) is 16.7. The van der Waals surface area contributed by atoms with Crippen molar-refractivity contribution in [2.24, 2.45) is 0 Å². The minimum absolute atomic E-state index is 0. The number of nitrogens with one attached hydrogen (secondary N) is 2. The SMILES string of the molecule is CCCNCCOc1ccc(NS(=O)(=O)c2ccc(OCC(F)F)cc2)c(C)n1.Cl. The highest BCUT2D eigenvalue weighted by atomic mass is 35.5. The lowest BCUT2D eigenvalue weighted by Gasteiger charge is -2.12. The number of hydrogen-bond acceptors (Lipinski definition) is 6. The molecule has 2 aromatic rings. The van der Waals surface area contributed by atoms with E-state index in [0.29, 0.717) is 30.4 Å². The van der Waals surface area contributed by atoms with Crippen molar-refractivity contribution >= 4 is 28.1 Å². The van der Waals surface area contributed by atoms with Gasteiger partial charge in [0.25, 0.3) is 16.4 Å². The summed E-state index contributed by atoms with van der Waals surface area (Å²) in [6, 6.07) is 8.39. The van der Waals surface area contributed by atoms with Crippen LogP contribution in [0.1, 0.15) is 19.0 Å². The van der Waals surface area contributed by atoms with Crippen molar-refractivity contribution in [3.8, 4) is 11.6 Å². The lowest BCUT2D eigenvalue weighted by Crippen LogP contribution is -2.21. The van der Waals surface area contributed by atoms with Gasteiger partial charge >= 0.3 is 0 Å². The van der Waals surface area contributed by atoms with Crippen molar-refractivity contribution in [2.45, 2.75) is 31.6 Å². The summed E-state index contributed by atoms with van der Waals surface area (Å²) in [5, 5.41) is 3.21. The summed E-state index contributed by atoms with van der Waals surface area (Å²) in [6.45, 7) is 5.06. The molecule has 0 fully saturated rings. The zero-order valence-corrected chi connectivity index (χ0v) is 18.4. The number of halogens is 3. The zero-order chi connectivity index (χ0) is 21.3. The molecule has 0 aliphatic carbocycles. The molecule has 0 unspecified atom stereocenters. The molecule has 2 N–H and O–H groups in total. The van der Waals surface area contributed by atoms with Gasteiger partial charge in [0.15, 0.2) is 0 Å². The minimum Gasteiger partial charge on any atom is -0.488 e. The fourth-order valence-corrected chi connectivity index (χ4v) is 3.45. The summed E-state index contributed by atoms with van der Waals surface area (Å²) in [5.74, 6) is 0.571. The van der Waals surface area contributed by atoms with E-state index in [1.807, 2.05) is 0 Å². The maximum Gasteiger partial charge on any atom is 0.272 e. The van der Waals surface area contributed by atoms with Crippen LogP contribution in [0.4, 0.5) is 14.5 Å². The Hall–Kier alpha value is -2.17. The summed E-state index contributed by atoms with van der Waals surface area (Å²) in [5.41, 5.74) is 0.781. The molecule has 168 valence electrons. The highest BCUT2D eigenvalue weighted by Gasteiger charge is 2.16. The smallest absolute Gasteiger partial charge is 0.272 e. The molecule has 0 bridgehead atoms. The molecule has 0 saturated heterocycles. The van der Waals surface area contributed by atoms with Gasteiger partial charge < -0.3 is 14.8 Å². The van der Waals surface area contributed by atoms with Crippen LogP contribution in [0, 0.1) is 6.92 Å². The number of hydrogen-bond donors (Lipinski definition) is 2. The average Bonchev–Trinajstić information content (AvgIpc) is 2.68. The number of ether oxygens (including phenoxy) is 2. The van der Waals surface area contributed by atoms with Crippen LogP contribution in [0.5, 0.6) is 11.6 Å². The highest BCUT2D eigenvalue weighted by molar-refractivity contribution is 7.92. The minimum atomic E-state index is -3.87. The predicted octanol–water partition coefficient (Wildman–Crippen LogP) is 3.63. The van der Waals surface area contributed by atoms with Gasteiger partial charge in [-0.05, 0) is 50.2 Å². The van der Waals surface area contributed by atoms with Crippen LogP contribution in [-0.4, -0.2) is 46.1 Å². The molecular formula is C19H26ClF2N3O4S. The molecule has 7 nitrogen and oxygen atoms in total. The van der Waals surface area contributed by atoms with Crippen molar-refractivity contribution < 1.29 is 26.7 Å². The standard InChI is InChI=1S/C19H25F2N3O4S.ClH/c1-3-10-22-11-12-27-19-9-8-17(14(2)23-19)24-29(25,26)16-6-4-15(5-7-16)28-13-18(20)21;/h4-9,18,22,24H,3,10-13H2,1-2H3;1H. The number of aromatic nitrogens is 1. The molecule has 11 heteroatoms. The Morgan fingerprint density at radius 3 is 2.37 bits per heavy atom. The number of alkyl halides is 2. The normalized spacial score (nSPS) is 11.1. The molecule has 1 aromatic carbocycles. The second-order valence-electron chi connectivity index (χ2n) is 6.16. The van der Waals surface area contributed by atoms with Crippen molar-refractivity contribution in [3.63, 3.8) is 0 Å². The van der Waals surface area contributed by atoms with Gasteiger partial charge in [-0.1, -0.05) is 6.92 Å². The Kier molecular flexibility index (Phi) is 10.8. The van der Waals surface area contributed by atoms with E-state index in [1.54, 1.807) is 19.1 Å². The average molecular weight is 466 g/mol. The molecule has 0 saturated carbocycles. The third kappa shape index (κ3) is 8.29. The summed E-state index contributed by atoms with van der Waals surface area (Å²) in [6.07, 6.45) is -1.56. The Morgan fingerprint density at radius 1 is 1.07 bits per heavy atom. The first-order valence-corrected chi connectivity index (χ1v) is 10.6. The van der Waals surface area contributed by atoms with Gasteiger partial charge in [-0.2, -0.15) is 0 Å². The fraction of sp³-hybridized carbons (Fsp3) is 0.421. The number of benzene rings is 1. The van der Waals surface area contributed by atoms with E-state index in [4.69, 9.17) is 9.47 Å². The molecule has 2 rings (SSSR count). The van der Waals surface area contributed by atoms with Crippen LogP contribution in [0.25, 0.3) is 0 Å². The van der Waals surface area contributed by atoms with Gasteiger partial charge in [-0.3, -0.25) is 4.72 Å². The molecule has 30 heavy (non-hydrogen) atoms. The van der Waals surface area contributed by atoms with Crippen LogP contribution in [0.2, 0.25) is 0 Å². The van der Waals surface area contributed by atoms with Gasteiger partial charge in [0.2, 0.25) is 5.88 Å². The largest absolute Gasteiger partial charge is 0.488 e. The number of sulfonamides is 1. The van der Waals surface area contributed by atoms with E-state index < -0.39 is 23.1 Å². The van der Waals surface area contributed by atoms with E-state index >= 15 is 0 Å². The molecule has 1 aromatic heterocycles. The predicted molar refractivity (Wildman–Crippen MR) is 114 cm³/mol. The summed E-state index contributed by atoms with van der Waals surface area (Å²) < 4.78 is 62.3. The molecule has 0 amide bonds. The topological polar surface area (TPSA) is 89.6 Å². The van der Waals surface area contributed by atoms with E-state index in [1.165, 1.54) is 24.3 Å². The monoisotopic (exact) mass is 465 g/mol. The van der Waals surface area contributed by atoms with Crippen LogP contribution < -0.4 is 19.5 Å². The van der Waals surface area contributed by atoms with Gasteiger partial charge in [0, 0.05) is 12.6 Å². The van der Waals surface area contributed by atoms with Gasteiger partial charge in [0.1, 0.15) is 19.0 Å². The van der Waals surface area contributed by atoms with Crippen molar-refractivity contribution in [1.29, 1.82) is 0 Å². The maximum atomic E-state index is 12.5. The van der Waals surface area contributed by atoms with E-state index in [-0.39, 0.29) is 23.1 Å². The third-order valence-corrected chi connectivity index (χ3v) is 5.15. The van der Waals surface area contributed by atoms with Crippen LogP contribution in [0.3, 0.4) is 0 Å². The Labute approximate surface area is 181 Å². The molecular weight excluding hydrogens is 440 g/mol. The van der Waals surface area contributed by atoms with Crippen LogP contribution in [-0.2, 0) is 10.0 Å². The Morgan fingerprint density at radius 2 is 1.77 bits per heavy atom. The second kappa shape index (κ2) is 12.5. The Balaban J connectivity index is 0.00000450. The van der Waals surface area contributed by atoms with Crippen molar-refractivity contribution in [1.82, 2.24) is 10.3 Å². The quantitative estimate of drug-likeness (QED) is 0.465. The third-order valence-electron chi connectivity index (χ3n) is 3.77. The van der Waals surface area contributed by atoms with Crippen molar-refractivity contribution in [3.05, 3.63) is 42.1 Å². The van der Waals surface area contributed by atoms with Crippen LogP contribution >= 0.6 is 12.4 Å². The highest BCUT2D eigenvalue weighted by Crippen LogP contribution is 2.22. The maximum absolute atomic E-state index is 12.5. The molecule has 1 heterocycles. The van der Waals surface area contributed by atoms with E-state index in [9.17, 15) is 17.2 Å². The lowest BCUT2D eigenvalue weighted by atomic mass is 10.3. The number of anilines is 1. The second-order valence-corrected chi connectivity index (χ2v) is 7.84. The first-order chi connectivity index (χ1) is 13.8. The van der Waals surface area contributed by atoms with E-state index in [0.717, 1.165) is 13.0 Å². The first kappa shape index (κ1) is 25.9. The molecule has 0 atom stereocenters. The van der Waals surface area contributed by atoms with Gasteiger partial charge in [0.05, 0.1) is 16.3 Å². The fourth-order valence-electron chi connectivity index (χ4n) is 2.33. The van der Waals surface area contributed by atoms with E-state index in [2.05, 4.69) is 21.9 Å². The lowest BCUT2D eigenvalue weighted by molar-refractivity contribution is 0.0819. The van der Waals surface area contributed by atoms with Crippen molar-refractivity contribution in [2.75, 3.05) is 31.0 Å². The summed E-state index contributed by atoms with van der Waals surface area (Å²) in [4.78, 5) is 4.23. The molecule has 0 radical (unpaired) electrons. The number of pyridine rings is 1.